The Bertz CT molecular complexity index is 99.6. The minimum atomic E-state index is 0.145. The SMILES string of the molecule is CPNCCC(=O)NPC. The fourth-order valence-electron chi connectivity index (χ4n) is 0.503. The second-order valence-electron chi connectivity index (χ2n) is 1.72. The summed E-state index contributed by atoms with van der Waals surface area (Å²) in [6.45, 7) is 4.80. The molecule has 0 aromatic rings. The van der Waals surface area contributed by atoms with E-state index >= 15 is 0 Å². The van der Waals surface area contributed by atoms with Crippen LogP contribution in [0.25, 0.3) is 0 Å². The summed E-state index contributed by atoms with van der Waals surface area (Å²) in [4.78, 5) is 10.8. The van der Waals surface area contributed by atoms with Gasteiger partial charge in [-0.15, -0.1) is 0 Å². The minimum Gasteiger partial charge on any atom is -0.338 e. The summed E-state index contributed by atoms with van der Waals surface area (Å²) in [7, 11) is 1.26. The molecule has 1 amide bonds. The number of carbonyl (C=O) groups is 1. The summed E-state index contributed by atoms with van der Waals surface area (Å²) >= 11 is 0. The molecular weight excluding hydrogens is 166 g/mol. The third-order valence-corrected chi connectivity index (χ3v) is 2.05. The van der Waals surface area contributed by atoms with Gasteiger partial charge in [-0.1, -0.05) is 8.73 Å². The zero-order chi connectivity index (χ0) is 7.82. The number of rotatable bonds is 5. The quantitative estimate of drug-likeness (QED) is 0.478. The smallest absolute Gasteiger partial charge is 0.224 e. The van der Waals surface area contributed by atoms with E-state index in [0.717, 1.165) is 15.3 Å². The van der Waals surface area contributed by atoms with Crippen LogP contribution in [-0.4, -0.2) is 25.8 Å². The molecule has 2 N–H and O–H groups in total. The van der Waals surface area contributed by atoms with Crippen LogP contribution in [0.5, 0.6) is 0 Å². The topological polar surface area (TPSA) is 41.1 Å². The monoisotopic (exact) mass is 180 g/mol. The number of amides is 1. The molecule has 5 heteroatoms. The van der Waals surface area contributed by atoms with Crippen LogP contribution in [0.3, 0.4) is 0 Å². The van der Waals surface area contributed by atoms with Crippen LogP contribution >= 0.6 is 17.5 Å². The molecule has 0 aromatic heterocycles. The van der Waals surface area contributed by atoms with Crippen LogP contribution in [0.2, 0.25) is 0 Å². The molecule has 0 radical (unpaired) electrons. The Morgan fingerprint density at radius 3 is 2.60 bits per heavy atom. The summed E-state index contributed by atoms with van der Waals surface area (Å²) in [6.07, 6.45) is 0.599. The molecule has 0 rings (SSSR count). The number of nitrogens with one attached hydrogen (secondary N) is 2. The largest absolute Gasteiger partial charge is 0.338 e. The third kappa shape index (κ3) is 6.41. The molecule has 0 fully saturated rings. The van der Waals surface area contributed by atoms with Crippen LogP contribution < -0.4 is 10.2 Å². The van der Waals surface area contributed by atoms with E-state index in [-0.39, 0.29) is 5.91 Å². The van der Waals surface area contributed by atoms with Gasteiger partial charge < -0.3 is 5.09 Å². The van der Waals surface area contributed by atoms with Gasteiger partial charge in [0.25, 0.3) is 0 Å². The lowest BCUT2D eigenvalue weighted by molar-refractivity contribution is -0.119. The zero-order valence-electron chi connectivity index (χ0n) is 6.32. The molecule has 0 aliphatic rings. The van der Waals surface area contributed by atoms with Crippen molar-refractivity contribution < 1.29 is 4.79 Å². The highest BCUT2D eigenvalue weighted by Crippen LogP contribution is 1.95. The van der Waals surface area contributed by atoms with Crippen molar-refractivity contribution in [3.8, 4) is 0 Å². The molecule has 0 aliphatic carbocycles. The Morgan fingerprint density at radius 2 is 2.10 bits per heavy atom. The summed E-state index contributed by atoms with van der Waals surface area (Å²) in [5, 5.41) is 5.86. The molecule has 60 valence electrons. The molecule has 0 saturated heterocycles. The van der Waals surface area contributed by atoms with E-state index in [1.165, 1.54) is 0 Å². The van der Waals surface area contributed by atoms with Gasteiger partial charge in [-0.25, -0.2) is 0 Å². The molecule has 0 heterocycles. The van der Waals surface area contributed by atoms with Crippen molar-refractivity contribution in [3.05, 3.63) is 0 Å². The fraction of sp³-hybridized carbons (Fsp3) is 0.800. The van der Waals surface area contributed by atoms with Crippen molar-refractivity contribution in [2.45, 2.75) is 6.42 Å². The first-order valence-electron chi connectivity index (χ1n) is 3.16. The predicted molar refractivity (Wildman–Crippen MR) is 49.2 cm³/mol. The predicted octanol–water partition coefficient (Wildman–Crippen LogP) is 0.529. The van der Waals surface area contributed by atoms with Crippen LogP contribution in [-0.2, 0) is 4.79 Å². The molecule has 3 nitrogen and oxygen atoms in total. The molecule has 0 spiro atoms. The summed E-state index contributed by atoms with van der Waals surface area (Å²) in [6, 6.07) is 0. The Hall–Kier alpha value is 0.290. The van der Waals surface area contributed by atoms with Crippen molar-refractivity contribution in [3.63, 3.8) is 0 Å². The number of hydrogen-bond donors (Lipinski definition) is 2. The highest BCUT2D eigenvalue weighted by Gasteiger charge is 1.95. The van der Waals surface area contributed by atoms with Crippen molar-refractivity contribution in [1.82, 2.24) is 10.2 Å². The van der Waals surface area contributed by atoms with Crippen molar-refractivity contribution in [2.75, 3.05) is 19.9 Å². The van der Waals surface area contributed by atoms with E-state index in [2.05, 4.69) is 16.8 Å². The van der Waals surface area contributed by atoms with E-state index in [4.69, 9.17) is 0 Å². The van der Waals surface area contributed by atoms with Crippen LogP contribution in [0.4, 0.5) is 0 Å². The average Bonchev–Trinajstić information content (AvgIpc) is 1.89. The Morgan fingerprint density at radius 1 is 1.40 bits per heavy atom. The molecule has 0 bridgehead atoms. The fourth-order valence-corrected chi connectivity index (χ4v) is 1.28. The Kier molecular flexibility index (Phi) is 7.61. The van der Waals surface area contributed by atoms with Crippen LogP contribution in [0.15, 0.2) is 0 Å². The summed E-state index contributed by atoms with van der Waals surface area (Å²) in [5.41, 5.74) is 0. The summed E-state index contributed by atoms with van der Waals surface area (Å²) in [5.74, 6) is 0.145. The third-order valence-electron chi connectivity index (χ3n) is 0.918. The number of hydrogen-bond acceptors (Lipinski definition) is 2. The molecule has 2 unspecified atom stereocenters. The van der Waals surface area contributed by atoms with Gasteiger partial charge in [-0.3, -0.25) is 9.88 Å². The lowest BCUT2D eigenvalue weighted by Gasteiger charge is -2.01. The van der Waals surface area contributed by atoms with E-state index < -0.39 is 0 Å². The van der Waals surface area contributed by atoms with Crippen molar-refractivity contribution >= 4 is 23.4 Å². The second-order valence-corrected chi connectivity index (χ2v) is 3.33. The van der Waals surface area contributed by atoms with E-state index in [1.54, 1.807) is 0 Å². The summed E-state index contributed by atoms with van der Waals surface area (Å²) < 4.78 is 0. The first-order valence-corrected chi connectivity index (χ1v) is 6.16. The molecule has 0 aliphatic heterocycles. The maximum absolute atomic E-state index is 10.8. The molecule has 0 saturated carbocycles. The van der Waals surface area contributed by atoms with Crippen molar-refractivity contribution in [1.29, 1.82) is 0 Å². The molecule has 10 heavy (non-hydrogen) atoms. The van der Waals surface area contributed by atoms with E-state index in [9.17, 15) is 4.79 Å². The zero-order valence-corrected chi connectivity index (χ0v) is 8.32. The first kappa shape index (κ1) is 10.3. The highest BCUT2D eigenvalue weighted by atomic mass is 31.1. The van der Waals surface area contributed by atoms with Crippen LogP contribution in [0, 0.1) is 0 Å². The van der Waals surface area contributed by atoms with Gasteiger partial charge in [0.1, 0.15) is 0 Å². The normalized spacial score (nSPS) is 11.8. The second kappa shape index (κ2) is 7.40. The molecule has 0 aromatic carbocycles. The van der Waals surface area contributed by atoms with E-state index in [0.29, 0.717) is 15.2 Å². The van der Waals surface area contributed by atoms with Gasteiger partial charge in [-0.05, 0) is 22.1 Å². The first-order chi connectivity index (χ1) is 4.81. The van der Waals surface area contributed by atoms with Gasteiger partial charge in [0.2, 0.25) is 5.91 Å². The lowest BCUT2D eigenvalue weighted by Crippen LogP contribution is -2.18. The standard InChI is InChI=1S/C5H14N2OP2/c1-9-6-4-3-5(8)7-10-2/h6,9-10H,3-4H2,1-2H3,(H,7,8). The maximum Gasteiger partial charge on any atom is 0.224 e. The van der Waals surface area contributed by atoms with Gasteiger partial charge in [0, 0.05) is 13.0 Å². The Balaban J connectivity index is 3.05. The van der Waals surface area contributed by atoms with E-state index in [1.807, 2.05) is 6.66 Å². The minimum absolute atomic E-state index is 0.145. The molecule has 2 atom stereocenters. The van der Waals surface area contributed by atoms with Gasteiger partial charge >= 0.3 is 0 Å². The lowest BCUT2D eigenvalue weighted by atomic mass is 10.4. The molecular formula is C5H14N2OP2. The van der Waals surface area contributed by atoms with Crippen LogP contribution in [0.1, 0.15) is 6.42 Å². The number of carbonyl (C=O) groups excluding carboxylic acids is 1. The van der Waals surface area contributed by atoms with Gasteiger partial charge in [0.05, 0.1) is 0 Å². The highest BCUT2D eigenvalue weighted by molar-refractivity contribution is 7.35. The van der Waals surface area contributed by atoms with Gasteiger partial charge in [-0.2, -0.15) is 0 Å². The average molecular weight is 180 g/mol. The van der Waals surface area contributed by atoms with Gasteiger partial charge in [0.15, 0.2) is 0 Å². The maximum atomic E-state index is 10.8. The van der Waals surface area contributed by atoms with Crippen molar-refractivity contribution in [2.24, 2.45) is 0 Å². The Labute approximate surface area is 65.4 Å².